The third-order valence-corrected chi connectivity index (χ3v) is 2.69. The number of anilines is 2. The molecular weight excluding hydrogens is 160 g/mol. The van der Waals surface area contributed by atoms with Gasteiger partial charge in [-0.05, 0) is 29.7 Å². The maximum atomic E-state index is 3.39. The summed E-state index contributed by atoms with van der Waals surface area (Å²) >= 11 is 0. The first-order valence-electron chi connectivity index (χ1n) is 4.75. The third kappa shape index (κ3) is 1.02. The van der Waals surface area contributed by atoms with Crippen molar-refractivity contribution in [1.82, 2.24) is 0 Å². The Hall–Kier alpha value is -1.44. The second kappa shape index (κ2) is 2.52. The number of fused-ring (bicyclic) bond motifs is 2. The smallest absolute Gasteiger partial charge is 0.0437 e. The Bertz CT molecular complexity index is 380. The number of hydrogen-bond acceptors (Lipinski definition) is 2. The van der Waals surface area contributed by atoms with Crippen LogP contribution in [-0.4, -0.2) is 13.1 Å². The van der Waals surface area contributed by atoms with Gasteiger partial charge < -0.3 is 10.6 Å². The van der Waals surface area contributed by atoms with E-state index >= 15 is 0 Å². The first kappa shape index (κ1) is 7.01. The van der Waals surface area contributed by atoms with Gasteiger partial charge in [0.25, 0.3) is 0 Å². The minimum atomic E-state index is 0.950. The SMILES string of the molecule is C1=Cc2cc3c(cc2NC1)NCC3. The molecule has 0 saturated heterocycles. The average molecular weight is 172 g/mol. The average Bonchev–Trinajstić information content (AvgIpc) is 2.61. The van der Waals surface area contributed by atoms with Gasteiger partial charge in [0.05, 0.1) is 0 Å². The molecule has 2 aliphatic rings. The Labute approximate surface area is 77.7 Å². The highest BCUT2D eigenvalue weighted by molar-refractivity contribution is 5.76. The van der Waals surface area contributed by atoms with Crippen LogP contribution in [0.3, 0.4) is 0 Å². The Balaban J connectivity index is 2.18. The monoisotopic (exact) mass is 172 g/mol. The van der Waals surface area contributed by atoms with Crippen LogP contribution >= 0.6 is 0 Å². The molecule has 13 heavy (non-hydrogen) atoms. The highest BCUT2D eigenvalue weighted by atomic mass is 14.9. The topological polar surface area (TPSA) is 24.1 Å². The fourth-order valence-corrected chi connectivity index (χ4v) is 2.01. The summed E-state index contributed by atoms with van der Waals surface area (Å²) in [6, 6.07) is 4.51. The van der Waals surface area contributed by atoms with E-state index in [1.54, 1.807) is 0 Å². The number of rotatable bonds is 0. The van der Waals surface area contributed by atoms with E-state index in [0.29, 0.717) is 0 Å². The van der Waals surface area contributed by atoms with Crippen LogP contribution < -0.4 is 10.6 Å². The Morgan fingerprint density at radius 1 is 1.08 bits per heavy atom. The highest BCUT2D eigenvalue weighted by Crippen LogP contribution is 2.31. The minimum absolute atomic E-state index is 0.950. The standard InChI is InChI=1S/C11H12N2/c1-2-8-6-9-3-5-13-11(9)7-10(8)12-4-1/h1-2,6-7,12-13H,3-5H2. The lowest BCUT2D eigenvalue weighted by atomic mass is 10.0. The van der Waals surface area contributed by atoms with Crippen LogP contribution in [0.15, 0.2) is 18.2 Å². The predicted molar refractivity (Wildman–Crippen MR) is 56.2 cm³/mol. The first-order valence-corrected chi connectivity index (χ1v) is 4.75. The van der Waals surface area contributed by atoms with E-state index in [-0.39, 0.29) is 0 Å². The molecule has 0 saturated carbocycles. The molecular formula is C11H12N2. The molecule has 3 rings (SSSR count). The second-order valence-corrected chi connectivity index (χ2v) is 3.56. The Morgan fingerprint density at radius 2 is 2.08 bits per heavy atom. The molecule has 0 radical (unpaired) electrons. The molecule has 0 aliphatic carbocycles. The van der Waals surface area contributed by atoms with Crippen molar-refractivity contribution in [3.63, 3.8) is 0 Å². The van der Waals surface area contributed by atoms with Gasteiger partial charge in [0.1, 0.15) is 0 Å². The zero-order valence-corrected chi connectivity index (χ0v) is 7.43. The van der Waals surface area contributed by atoms with Gasteiger partial charge in [0.15, 0.2) is 0 Å². The van der Waals surface area contributed by atoms with Gasteiger partial charge >= 0.3 is 0 Å². The largest absolute Gasteiger partial charge is 0.384 e. The normalized spacial score (nSPS) is 17.2. The van der Waals surface area contributed by atoms with Crippen LogP contribution in [0.2, 0.25) is 0 Å². The zero-order valence-electron chi connectivity index (χ0n) is 7.43. The quantitative estimate of drug-likeness (QED) is 0.626. The summed E-state index contributed by atoms with van der Waals surface area (Å²) in [5.74, 6) is 0. The number of nitrogens with one attached hydrogen (secondary N) is 2. The van der Waals surface area contributed by atoms with Gasteiger partial charge in [-0.1, -0.05) is 12.2 Å². The molecule has 0 aromatic heterocycles. The summed E-state index contributed by atoms with van der Waals surface area (Å²) in [7, 11) is 0. The van der Waals surface area contributed by atoms with Gasteiger partial charge in [-0.15, -0.1) is 0 Å². The van der Waals surface area contributed by atoms with E-state index < -0.39 is 0 Å². The van der Waals surface area contributed by atoms with E-state index in [1.165, 1.54) is 22.5 Å². The molecule has 0 fully saturated rings. The van der Waals surface area contributed by atoms with Gasteiger partial charge in [-0.2, -0.15) is 0 Å². The van der Waals surface area contributed by atoms with Crippen LogP contribution in [0, 0.1) is 0 Å². The molecule has 2 heterocycles. The van der Waals surface area contributed by atoms with Crippen LogP contribution in [0.25, 0.3) is 6.08 Å². The van der Waals surface area contributed by atoms with Crippen LogP contribution in [0.5, 0.6) is 0 Å². The lowest BCUT2D eigenvalue weighted by Crippen LogP contribution is -2.04. The van der Waals surface area contributed by atoms with Crippen molar-refractivity contribution in [2.45, 2.75) is 6.42 Å². The fourth-order valence-electron chi connectivity index (χ4n) is 2.01. The molecule has 1 aromatic carbocycles. The van der Waals surface area contributed by atoms with Crippen molar-refractivity contribution in [3.8, 4) is 0 Å². The van der Waals surface area contributed by atoms with Gasteiger partial charge in [0.2, 0.25) is 0 Å². The van der Waals surface area contributed by atoms with E-state index in [9.17, 15) is 0 Å². The summed E-state index contributed by atoms with van der Waals surface area (Å²) < 4.78 is 0. The molecule has 0 amide bonds. The summed E-state index contributed by atoms with van der Waals surface area (Å²) in [5, 5.41) is 6.75. The maximum Gasteiger partial charge on any atom is 0.0437 e. The molecule has 2 nitrogen and oxygen atoms in total. The van der Waals surface area contributed by atoms with Crippen molar-refractivity contribution in [2.24, 2.45) is 0 Å². The van der Waals surface area contributed by atoms with Crippen molar-refractivity contribution >= 4 is 17.5 Å². The van der Waals surface area contributed by atoms with Crippen molar-refractivity contribution in [2.75, 3.05) is 23.7 Å². The van der Waals surface area contributed by atoms with Crippen molar-refractivity contribution < 1.29 is 0 Å². The van der Waals surface area contributed by atoms with E-state index in [4.69, 9.17) is 0 Å². The summed E-state index contributed by atoms with van der Waals surface area (Å²) in [4.78, 5) is 0. The van der Waals surface area contributed by atoms with Crippen LogP contribution in [0.1, 0.15) is 11.1 Å². The van der Waals surface area contributed by atoms with Crippen LogP contribution in [-0.2, 0) is 6.42 Å². The molecule has 0 bridgehead atoms. The van der Waals surface area contributed by atoms with Gasteiger partial charge in [-0.3, -0.25) is 0 Å². The Morgan fingerprint density at radius 3 is 3.08 bits per heavy atom. The summed E-state index contributed by atoms with van der Waals surface area (Å²) in [6.07, 6.45) is 5.53. The molecule has 1 aromatic rings. The molecule has 2 N–H and O–H groups in total. The number of hydrogen-bond donors (Lipinski definition) is 2. The third-order valence-electron chi connectivity index (χ3n) is 2.69. The van der Waals surface area contributed by atoms with Gasteiger partial charge in [-0.25, -0.2) is 0 Å². The number of benzene rings is 1. The second-order valence-electron chi connectivity index (χ2n) is 3.56. The Kier molecular flexibility index (Phi) is 1.36. The van der Waals surface area contributed by atoms with Gasteiger partial charge in [0, 0.05) is 24.5 Å². The van der Waals surface area contributed by atoms with Crippen LogP contribution in [0.4, 0.5) is 11.4 Å². The van der Waals surface area contributed by atoms with E-state index in [0.717, 1.165) is 19.5 Å². The molecule has 2 heteroatoms. The maximum absolute atomic E-state index is 3.39. The molecule has 0 atom stereocenters. The molecule has 0 unspecified atom stereocenters. The molecule has 2 aliphatic heterocycles. The van der Waals surface area contributed by atoms with Crippen molar-refractivity contribution in [1.29, 1.82) is 0 Å². The fraction of sp³-hybridized carbons (Fsp3) is 0.273. The van der Waals surface area contributed by atoms with E-state index in [2.05, 4.69) is 34.9 Å². The summed E-state index contributed by atoms with van der Waals surface area (Å²) in [5.41, 5.74) is 5.35. The minimum Gasteiger partial charge on any atom is -0.384 e. The van der Waals surface area contributed by atoms with Crippen molar-refractivity contribution in [3.05, 3.63) is 29.3 Å². The van der Waals surface area contributed by atoms with E-state index in [1.807, 2.05) is 0 Å². The lowest BCUT2D eigenvalue weighted by Gasteiger charge is -2.14. The predicted octanol–water partition coefficient (Wildman–Crippen LogP) is 2.09. The summed E-state index contributed by atoms with van der Waals surface area (Å²) in [6.45, 7) is 2.04. The molecule has 66 valence electrons. The highest BCUT2D eigenvalue weighted by Gasteiger charge is 2.13. The zero-order chi connectivity index (χ0) is 8.67. The lowest BCUT2D eigenvalue weighted by molar-refractivity contribution is 1.10. The first-order chi connectivity index (χ1) is 6.43. The molecule has 0 spiro atoms.